The van der Waals surface area contributed by atoms with Crippen molar-refractivity contribution in [3.05, 3.63) is 93.5 Å². The van der Waals surface area contributed by atoms with E-state index in [0.717, 1.165) is 22.3 Å². The van der Waals surface area contributed by atoms with Gasteiger partial charge in [0, 0.05) is 25.1 Å². The number of carbonyl (C=O) groups excluding carboxylic acids is 3. The van der Waals surface area contributed by atoms with Crippen molar-refractivity contribution in [2.24, 2.45) is 10.7 Å². The minimum Gasteiger partial charge on any atom is -0.493 e. The van der Waals surface area contributed by atoms with Crippen LogP contribution in [0, 0.1) is 13.8 Å². The fourth-order valence-corrected chi connectivity index (χ4v) is 5.65. The summed E-state index contributed by atoms with van der Waals surface area (Å²) in [6, 6.07) is 13.4. The smallest absolute Gasteiger partial charge is 0.408 e. The van der Waals surface area contributed by atoms with E-state index in [0.29, 0.717) is 22.6 Å². The number of carboxylic acids is 1. The number of methoxy groups -OCH3 is 2. The van der Waals surface area contributed by atoms with Crippen LogP contribution in [0.5, 0.6) is 11.5 Å². The quantitative estimate of drug-likeness (QED) is 0.118. The molecule has 2 unspecified atom stereocenters. The third-order valence-corrected chi connectivity index (χ3v) is 8.27. The molecule has 0 radical (unpaired) electrons. The molecule has 3 rings (SSSR count). The monoisotopic (exact) mass is 703 g/mol. The van der Waals surface area contributed by atoms with Gasteiger partial charge < -0.3 is 35.3 Å². The van der Waals surface area contributed by atoms with Gasteiger partial charge in [-0.05, 0) is 112 Å². The highest BCUT2D eigenvalue weighted by Gasteiger charge is 2.32. The number of aromatic carboxylic acids is 1. The van der Waals surface area contributed by atoms with Crippen molar-refractivity contribution in [1.29, 1.82) is 0 Å². The van der Waals surface area contributed by atoms with Crippen LogP contribution in [0.25, 0.3) is 0 Å². The molecule has 0 aliphatic rings. The van der Waals surface area contributed by atoms with Crippen molar-refractivity contribution in [2.45, 2.75) is 78.4 Å². The van der Waals surface area contributed by atoms with Crippen LogP contribution in [0.15, 0.2) is 59.6 Å². The molecule has 0 saturated carbocycles. The fourth-order valence-electron chi connectivity index (χ4n) is 5.65. The number of hydrogen-bond donors (Lipinski definition) is 4. The normalized spacial score (nSPS) is 12.9. The number of carboxylic acid groups (broad SMARTS) is 1. The van der Waals surface area contributed by atoms with Crippen LogP contribution in [0.4, 0.5) is 4.79 Å². The number of nitrogens with one attached hydrogen (secondary N) is 2. The van der Waals surface area contributed by atoms with Gasteiger partial charge in [0.1, 0.15) is 11.6 Å². The van der Waals surface area contributed by atoms with E-state index in [4.69, 9.17) is 19.9 Å². The van der Waals surface area contributed by atoms with Crippen molar-refractivity contribution in [3.8, 4) is 11.5 Å². The van der Waals surface area contributed by atoms with Gasteiger partial charge in [-0.1, -0.05) is 18.2 Å². The molecule has 51 heavy (non-hydrogen) atoms. The maximum atomic E-state index is 14.8. The van der Waals surface area contributed by atoms with Gasteiger partial charge in [0.25, 0.3) is 0 Å². The molecule has 13 heteroatoms. The largest absolute Gasteiger partial charge is 0.493 e. The van der Waals surface area contributed by atoms with E-state index >= 15 is 0 Å². The molecule has 0 heterocycles. The number of aryl methyl sites for hydroxylation is 2. The van der Waals surface area contributed by atoms with Crippen molar-refractivity contribution in [3.63, 3.8) is 0 Å². The number of nitrogens with zero attached hydrogens (tertiary/aromatic N) is 2. The lowest BCUT2D eigenvalue weighted by Gasteiger charge is -2.35. The minimum absolute atomic E-state index is 0.0861. The molecular weight excluding hydrogens is 654 g/mol. The van der Waals surface area contributed by atoms with Crippen molar-refractivity contribution >= 4 is 30.6 Å². The number of alkyl carbamates (subject to hydrolysis) is 1. The molecule has 0 aliphatic carbocycles. The Balaban J connectivity index is 2.06. The van der Waals surface area contributed by atoms with Gasteiger partial charge >= 0.3 is 12.1 Å². The first-order chi connectivity index (χ1) is 24.0. The Morgan fingerprint density at radius 3 is 2.16 bits per heavy atom. The van der Waals surface area contributed by atoms with Crippen LogP contribution >= 0.6 is 0 Å². The molecule has 0 saturated heterocycles. The van der Waals surface area contributed by atoms with E-state index in [1.807, 2.05) is 19.9 Å². The predicted octanol–water partition coefficient (Wildman–Crippen LogP) is 4.96. The Morgan fingerprint density at radius 1 is 0.961 bits per heavy atom. The third-order valence-electron chi connectivity index (χ3n) is 8.27. The van der Waals surface area contributed by atoms with Crippen LogP contribution in [0.1, 0.15) is 82.3 Å². The average molecular weight is 704 g/mol. The molecule has 0 aromatic heterocycles. The molecular formula is C38H49N5O8. The second-order valence-corrected chi connectivity index (χ2v) is 13.2. The van der Waals surface area contributed by atoms with E-state index in [1.54, 1.807) is 69.0 Å². The van der Waals surface area contributed by atoms with Gasteiger partial charge in [0.2, 0.25) is 11.8 Å². The molecule has 0 spiro atoms. The van der Waals surface area contributed by atoms with E-state index in [1.165, 1.54) is 26.4 Å². The lowest BCUT2D eigenvalue weighted by atomic mass is 9.93. The van der Waals surface area contributed by atoms with E-state index in [9.17, 15) is 24.3 Å². The molecule has 3 atom stereocenters. The van der Waals surface area contributed by atoms with Crippen LogP contribution in [0.2, 0.25) is 0 Å². The third kappa shape index (κ3) is 11.0. The second kappa shape index (κ2) is 17.5. The van der Waals surface area contributed by atoms with Gasteiger partial charge in [-0.3, -0.25) is 19.9 Å². The van der Waals surface area contributed by atoms with E-state index < -0.39 is 47.7 Å². The molecule has 0 aliphatic heterocycles. The number of nitrogens with two attached hydrogens (primary N) is 1. The Labute approximate surface area is 299 Å². The molecule has 5 N–H and O–H groups in total. The number of primary amides is 1. The van der Waals surface area contributed by atoms with Gasteiger partial charge in [-0.25, -0.2) is 9.59 Å². The first-order valence-corrected chi connectivity index (χ1v) is 16.4. The van der Waals surface area contributed by atoms with Crippen LogP contribution in [-0.4, -0.2) is 79.2 Å². The first kappa shape index (κ1) is 40.0. The number of carbonyl (C=O) groups is 4. The maximum absolute atomic E-state index is 14.8. The van der Waals surface area contributed by atoms with Gasteiger partial charge in [-0.15, -0.1) is 0 Å². The highest BCUT2D eigenvalue weighted by Crippen LogP contribution is 2.29. The first-order valence-electron chi connectivity index (χ1n) is 16.4. The summed E-state index contributed by atoms with van der Waals surface area (Å²) < 4.78 is 16.5. The summed E-state index contributed by atoms with van der Waals surface area (Å²) in [5.74, 6) is -1.07. The maximum Gasteiger partial charge on any atom is 0.408 e. The lowest BCUT2D eigenvalue weighted by Crippen LogP contribution is -2.56. The van der Waals surface area contributed by atoms with Crippen molar-refractivity contribution in [2.75, 3.05) is 20.8 Å². The van der Waals surface area contributed by atoms with Gasteiger partial charge in [-0.2, -0.15) is 0 Å². The number of amides is 3. The lowest BCUT2D eigenvalue weighted by molar-refractivity contribution is -0.137. The summed E-state index contributed by atoms with van der Waals surface area (Å²) in [5, 5.41) is 15.7. The summed E-state index contributed by atoms with van der Waals surface area (Å²) in [6.07, 6.45) is -1.33. The average Bonchev–Trinajstić information content (AvgIpc) is 3.07. The zero-order chi connectivity index (χ0) is 38.0. The number of hydrogen-bond acceptors (Lipinski definition) is 9. The molecule has 274 valence electrons. The van der Waals surface area contributed by atoms with Crippen molar-refractivity contribution in [1.82, 2.24) is 15.5 Å². The van der Waals surface area contributed by atoms with Crippen LogP contribution < -0.4 is 25.8 Å². The Kier molecular flexibility index (Phi) is 13.7. The number of ether oxygens (including phenoxy) is 3. The Bertz CT molecular complexity index is 1730. The highest BCUT2D eigenvalue weighted by atomic mass is 16.6. The Hall–Kier alpha value is -5.43. The summed E-state index contributed by atoms with van der Waals surface area (Å²) in [5.41, 5.74) is 8.74. The number of rotatable bonds is 16. The van der Waals surface area contributed by atoms with Crippen LogP contribution in [-0.2, 0) is 22.5 Å². The van der Waals surface area contributed by atoms with Crippen molar-refractivity contribution < 1.29 is 38.5 Å². The zero-order valence-corrected chi connectivity index (χ0v) is 30.5. The fraction of sp³-hybridized carbons (Fsp3) is 0.395. The standard InChI is InChI=1S/C38H49N5O8/c1-22-15-28(34(39)44)16-23(2)29(22)19-30(42-37(48)51-38(4,5)6)35(45)43(21-25-13-14-32(49-8)33(17-25)50-9)24(3)41-20-31(40-7)26-11-10-12-27(18-26)36(46)47/h10-18,24,30-31,41H,7,19-21H2,1-6,8-9H3,(H2,39,44)(H,42,48)(H,46,47)/t24?,30-,31?/m0/s1. The molecule has 3 aromatic carbocycles. The molecule has 3 aromatic rings. The molecule has 13 nitrogen and oxygen atoms in total. The van der Waals surface area contributed by atoms with Crippen LogP contribution in [0.3, 0.4) is 0 Å². The summed E-state index contributed by atoms with van der Waals surface area (Å²) in [7, 11) is 3.05. The Morgan fingerprint density at radius 2 is 1.61 bits per heavy atom. The SMILES string of the molecule is C=NC(CNC(C)N(Cc1ccc(OC)c(OC)c1)C(=O)[C@H](Cc1c(C)cc(C(N)=O)cc1C)NC(=O)OC(C)(C)C)c1cccc(C(=O)O)c1. The predicted molar refractivity (Wildman–Crippen MR) is 195 cm³/mol. The second-order valence-electron chi connectivity index (χ2n) is 13.2. The van der Waals surface area contributed by atoms with Gasteiger partial charge in [0.15, 0.2) is 11.5 Å². The topological polar surface area (TPSA) is 182 Å². The molecule has 3 amide bonds. The molecule has 0 bridgehead atoms. The van der Waals surface area contributed by atoms with E-state index in [2.05, 4.69) is 22.3 Å². The number of aliphatic imine (C=N–C) groups is 1. The summed E-state index contributed by atoms with van der Waals surface area (Å²) >= 11 is 0. The highest BCUT2D eigenvalue weighted by molar-refractivity contribution is 5.93. The number of benzene rings is 3. The molecule has 0 fully saturated rings. The zero-order valence-electron chi connectivity index (χ0n) is 30.5. The summed E-state index contributed by atoms with van der Waals surface area (Å²) in [4.78, 5) is 57.3. The summed E-state index contributed by atoms with van der Waals surface area (Å²) in [6.45, 7) is 14.6. The minimum atomic E-state index is -1.10. The van der Waals surface area contributed by atoms with Gasteiger partial charge in [0.05, 0.1) is 32.0 Å². The van der Waals surface area contributed by atoms with E-state index in [-0.39, 0.29) is 25.1 Å².